The van der Waals surface area contributed by atoms with Gasteiger partial charge < -0.3 is 5.32 Å². The summed E-state index contributed by atoms with van der Waals surface area (Å²) in [6.45, 7) is 8.79. The zero-order valence-electron chi connectivity index (χ0n) is 9.06. The van der Waals surface area contributed by atoms with Crippen LogP contribution in [0.1, 0.15) is 32.1 Å². The van der Waals surface area contributed by atoms with Crippen molar-refractivity contribution in [1.82, 2.24) is 5.32 Å². The van der Waals surface area contributed by atoms with Crippen molar-refractivity contribution in [2.75, 3.05) is 6.54 Å². The molecule has 0 saturated carbocycles. The van der Waals surface area contributed by atoms with Crippen molar-refractivity contribution in [3.63, 3.8) is 0 Å². The molecule has 0 aromatic carbocycles. The summed E-state index contributed by atoms with van der Waals surface area (Å²) < 4.78 is 0. The number of hydrogen-bond donors (Lipinski definition) is 1. The predicted octanol–water partition coefficient (Wildman–Crippen LogP) is 3.93. The van der Waals surface area contributed by atoms with Gasteiger partial charge in [-0.15, -0.1) is 11.3 Å². The molecule has 1 aromatic rings. The topological polar surface area (TPSA) is 12.0 Å². The van der Waals surface area contributed by atoms with E-state index < -0.39 is 0 Å². The Morgan fingerprint density at radius 2 is 2.14 bits per heavy atom. The van der Waals surface area contributed by atoms with Crippen LogP contribution < -0.4 is 5.32 Å². The third-order valence-electron chi connectivity index (χ3n) is 1.97. The molecule has 0 aliphatic heterocycles. The van der Waals surface area contributed by atoms with E-state index in [1.807, 2.05) is 11.4 Å². The number of rotatable bonds is 4. The summed E-state index contributed by atoms with van der Waals surface area (Å²) in [7, 11) is 0. The Morgan fingerprint density at radius 1 is 1.43 bits per heavy atom. The van der Waals surface area contributed by atoms with Gasteiger partial charge in [-0.1, -0.05) is 32.4 Å². The van der Waals surface area contributed by atoms with Crippen LogP contribution in [0.2, 0.25) is 5.02 Å². The fourth-order valence-corrected chi connectivity index (χ4v) is 2.16. The molecule has 14 heavy (non-hydrogen) atoms. The molecular formula is C11H18ClNS. The van der Waals surface area contributed by atoms with Gasteiger partial charge in [-0.05, 0) is 24.4 Å². The van der Waals surface area contributed by atoms with Crippen LogP contribution in [0.3, 0.4) is 0 Å². The maximum Gasteiger partial charge on any atom is 0.0516 e. The average molecular weight is 232 g/mol. The highest BCUT2D eigenvalue weighted by Gasteiger charge is 2.08. The van der Waals surface area contributed by atoms with Crippen LogP contribution in [0.25, 0.3) is 0 Å². The molecular weight excluding hydrogens is 214 g/mol. The highest BCUT2D eigenvalue weighted by molar-refractivity contribution is 7.10. The second-order valence-electron chi connectivity index (χ2n) is 4.72. The Morgan fingerprint density at radius 3 is 2.64 bits per heavy atom. The van der Waals surface area contributed by atoms with Gasteiger partial charge in [0.15, 0.2) is 0 Å². The summed E-state index contributed by atoms with van der Waals surface area (Å²) >= 11 is 7.54. The highest BCUT2D eigenvalue weighted by Crippen LogP contribution is 2.19. The number of halogens is 1. The van der Waals surface area contributed by atoms with E-state index in [2.05, 4.69) is 26.1 Å². The molecule has 1 heterocycles. The van der Waals surface area contributed by atoms with Crippen molar-refractivity contribution in [3.05, 3.63) is 21.3 Å². The van der Waals surface area contributed by atoms with Crippen LogP contribution in [0.4, 0.5) is 0 Å². The third kappa shape index (κ3) is 4.99. The molecule has 0 fully saturated rings. The highest BCUT2D eigenvalue weighted by atomic mass is 35.5. The average Bonchev–Trinajstić information content (AvgIpc) is 2.44. The first-order valence-electron chi connectivity index (χ1n) is 4.91. The lowest BCUT2D eigenvalue weighted by molar-refractivity contribution is 0.367. The fourth-order valence-electron chi connectivity index (χ4n) is 1.12. The third-order valence-corrected chi connectivity index (χ3v) is 3.26. The van der Waals surface area contributed by atoms with Gasteiger partial charge in [-0.3, -0.25) is 0 Å². The molecule has 0 radical (unpaired) electrons. The van der Waals surface area contributed by atoms with Crippen molar-refractivity contribution >= 4 is 22.9 Å². The largest absolute Gasteiger partial charge is 0.312 e. The summed E-state index contributed by atoms with van der Waals surface area (Å²) in [5.41, 5.74) is 0.417. The molecule has 1 rings (SSSR count). The van der Waals surface area contributed by atoms with Crippen molar-refractivity contribution in [1.29, 1.82) is 0 Å². The maximum atomic E-state index is 5.83. The van der Waals surface area contributed by atoms with Gasteiger partial charge in [-0.25, -0.2) is 0 Å². The van der Waals surface area contributed by atoms with Gasteiger partial charge in [0.2, 0.25) is 0 Å². The zero-order chi connectivity index (χ0) is 10.6. The zero-order valence-corrected chi connectivity index (χ0v) is 10.6. The Balaban J connectivity index is 2.16. The van der Waals surface area contributed by atoms with Gasteiger partial charge in [0.05, 0.1) is 5.02 Å². The van der Waals surface area contributed by atoms with Gasteiger partial charge in [0.1, 0.15) is 0 Å². The van der Waals surface area contributed by atoms with E-state index >= 15 is 0 Å². The first-order chi connectivity index (χ1) is 6.47. The summed E-state index contributed by atoms with van der Waals surface area (Å²) in [6, 6.07) is 2.02. The van der Waals surface area contributed by atoms with Gasteiger partial charge in [0.25, 0.3) is 0 Å². The maximum absolute atomic E-state index is 5.83. The molecule has 0 spiro atoms. The lowest BCUT2D eigenvalue weighted by Gasteiger charge is -2.17. The quantitative estimate of drug-likeness (QED) is 0.775. The van der Waals surface area contributed by atoms with Crippen LogP contribution >= 0.6 is 22.9 Å². The van der Waals surface area contributed by atoms with Gasteiger partial charge >= 0.3 is 0 Å². The van der Waals surface area contributed by atoms with Crippen LogP contribution in [0.15, 0.2) is 11.4 Å². The van der Waals surface area contributed by atoms with Crippen LogP contribution in [-0.2, 0) is 6.54 Å². The molecule has 0 bridgehead atoms. The van der Waals surface area contributed by atoms with Crippen LogP contribution in [0.5, 0.6) is 0 Å². The summed E-state index contributed by atoms with van der Waals surface area (Å²) in [4.78, 5) is 1.31. The second kappa shape index (κ2) is 5.15. The van der Waals surface area contributed by atoms with E-state index in [1.54, 1.807) is 11.3 Å². The molecule has 0 amide bonds. The van der Waals surface area contributed by atoms with Crippen molar-refractivity contribution < 1.29 is 0 Å². The van der Waals surface area contributed by atoms with Gasteiger partial charge in [-0.2, -0.15) is 0 Å². The summed E-state index contributed by atoms with van der Waals surface area (Å²) in [5, 5.41) is 6.25. The molecule has 0 saturated heterocycles. The number of hydrogen-bond acceptors (Lipinski definition) is 2. The SMILES string of the molecule is CC(C)(C)CCNCc1cc(Cl)cs1. The van der Waals surface area contributed by atoms with Crippen LogP contribution in [-0.4, -0.2) is 6.54 Å². The Hall–Kier alpha value is -0.0500. The van der Waals surface area contributed by atoms with E-state index in [4.69, 9.17) is 11.6 Å². The fraction of sp³-hybridized carbons (Fsp3) is 0.636. The molecule has 0 unspecified atom stereocenters. The van der Waals surface area contributed by atoms with E-state index in [-0.39, 0.29) is 0 Å². The molecule has 0 atom stereocenters. The molecule has 1 N–H and O–H groups in total. The number of nitrogens with one attached hydrogen (secondary N) is 1. The van der Waals surface area contributed by atoms with Crippen molar-refractivity contribution in [3.8, 4) is 0 Å². The van der Waals surface area contributed by atoms with E-state index in [0.29, 0.717) is 5.41 Å². The van der Waals surface area contributed by atoms with Crippen molar-refractivity contribution in [2.45, 2.75) is 33.7 Å². The summed E-state index contributed by atoms with van der Waals surface area (Å²) in [6.07, 6.45) is 1.20. The lowest BCUT2D eigenvalue weighted by Crippen LogP contribution is -2.19. The summed E-state index contributed by atoms with van der Waals surface area (Å²) in [5.74, 6) is 0. The molecule has 0 aliphatic carbocycles. The van der Waals surface area contributed by atoms with E-state index in [9.17, 15) is 0 Å². The Bertz CT molecular complexity index is 275. The normalized spacial score (nSPS) is 12.0. The smallest absolute Gasteiger partial charge is 0.0516 e. The first-order valence-corrected chi connectivity index (χ1v) is 6.17. The molecule has 3 heteroatoms. The predicted molar refractivity (Wildman–Crippen MR) is 65.1 cm³/mol. The molecule has 1 nitrogen and oxygen atoms in total. The van der Waals surface area contributed by atoms with Crippen molar-refractivity contribution in [2.24, 2.45) is 5.41 Å². The number of thiophene rings is 1. The molecule has 80 valence electrons. The molecule has 0 aliphatic rings. The van der Waals surface area contributed by atoms with E-state index in [0.717, 1.165) is 18.1 Å². The standard InChI is InChI=1S/C11H18ClNS/c1-11(2,3)4-5-13-7-10-6-9(12)8-14-10/h6,8,13H,4-5,7H2,1-3H3. The van der Waals surface area contributed by atoms with Crippen LogP contribution in [0, 0.1) is 5.41 Å². The second-order valence-corrected chi connectivity index (χ2v) is 6.15. The minimum absolute atomic E-state index is 0.417. The Kier molecular flexibility index (Phi) is 4.42. The first kappa shape index (κ1) is 12.0. The van der Waals surface area contributed by atoms with Gasteiger partial charge in [0, 0.05) is 16.8 Å². The monoisotopic (exact) mass is 231 g/mol. The minimum atomic E-state index is 0.417. The molecule has 1 aromatic heterocycles. The minimum Gasteiger partial charge on any atom is -0.312 e. The Labute approximate surface area is 95.5 Å². The van der Waals surface area contributed by atoms with E-state index in [1.165, 1.54) is 11.3 Å². The lowest BCUT2D eigenvalue weighted by atomic mass is 9.92.